The highest BCUT2D eigenvalue weighted by Gasteiger charge is 2.12. The van der Waals surface area contributed by atoms with Crippen molar-refractivity contribution < 1.29 is 14.3 Å². The normalized spacial score (nSPS) is 10.2. The van der Waals surface area contributed by atoms with Crippen LogP contribution in [0.1, 0.15) is 10.5 Å². The highest BCUT2D eigenvalue weighted by atomic mass is 35.5. The predicted molar refractivity (Wildman–Crippen MR) is 94.5 cm³/mol. The zero-order valence-electron chi connectivity index (χ0n) is 13.3. The van der Waals surface area contributed by atoms with Gasteiger partial charge in [0.05, 0.1) is 19.0 Å². The molecule has 7 heteroatoms. The molecule has 0 saturated heterocycles. The van der Waals surface area contributed by atoms with Crippen LogP contribution in [0.4, 0.5) is 5.69 Å². The third-order valence-electron chi connectivity index (χ3n) is 3.27. The summed E-state index contributed by atoms with van der Waals surface area (Å²) >= 11 is 6.04. The first kappa shape index (κ1) is 16.7. The van der Waals surface area contributed by atoms with Gasteiger partial charge in [0.1, 0.15) is 17.2 Å². The average molecular weight is 356 g/mol. The Kier molecular flexibility index (Phi) is 5.11. The maximum absolute atomic E-state index is 12.3. The van der Waals surface area contributed by atoms with E-state index in [1.165, 1.54) is 18.6 Å². The maximum Gasteiger partial charge on any atom is 0.275 e. The molecular weight excluding hydrogens is 342 g/mol. The summed E-state index contributed by atoms with van der Waals surface area (Å²) in [5.74, 6) is 1.36. The molecule has 3 rings (SSSR count). The highest BCUT2D eigenvalue weighted by Crippen LogP contribution is 2.33. The molecule has 1 aromatic heterocycles. The second kappa shape index (κ2) is 7.63. The summed E-state index contributed by atoms with van der Waals surface area (Å²) in [7, 11) is 1.59. The lowest BCUT2D eigenvalue weighted by atomic mass is 10.2. The number of methoxy groups -OCH3 is 1. The molecule has 0 aliphatic heterocycles. The summed E-state index contributed by atoms with van der Waals surface area (Å²) in [6, 6.07) is 12.1. The third-order valence-corrected chi connectivity index (χ3v) is 3.51. The molecule has 1 heterocycles. The van der Waals surface area contributed by atoms with E-state index in [1.807, 2.05) is 0 Å². The van der Waals surface area contributed by atoms with Crippen molar-refractivity contribution in [3.63, 3.8) is 0 Å². The Morgan fingerprint density at radius 3 is 2.52 bits per heavy atom. The van der Waals surface area contributed by atoms with Gasteiger partial charge in [0, 0.05) is 17.4 Å². The van der Waals surface area contributed by atoms with Gasteiger partial charge in [-0.3, -0.25) is 9.78 Å². The topological polar surface area (TPSA) is 73.3 Å². The summed E-state index contributed by atoms with van der Waals surface area (Å²) in [6.07, 6.45) is 4.32. The lowest BCUT2D eigenvalue weighted by molar-refractivity contribution is 0.102. The van der Waals surface area contributed by atoms with E-state index >= 15 is 0 Å². The van der Waals surface area contributed by atoms with Crippen molar-refractivity contribution in [2.24, 2.45) is 0 Å². The van der Waals surface area contributed by atoms with Gasteiger partial charge < -0.3 is 14.8 Å². The zero-order valence-corrected chi connectivity index (χ0v) is 14.0. The molecule has 1 N–H and O–H groups in total. The quantitative estimate of drug-likeness (QED) is 0.743. The number of amides is 1. The minimum absolute atomic E-state index is 0.192. The number of nitrogens with one attached hydrogen (secondary N) is 1. The van der Waals surface area contributed by atoms with Crippen molar-refractivity contribution in [1.82, 2.24) is 9.97 Å². The van der Waals surface area contributed by atoms with E-state index in [9.17, 15) is 4.79 Å². The van der Waals surface area contributed by atoms with Crippen LogP contribution in [-0.4, -0.2) is 23.0 Å². The Bertz CT molecular complexity index is 870. The van der Waals surface area contributed by atoms with E-state index in [2.05, 4.69) is 15.3 Å². The predicted octanol–water partition coefficient (Wildman–Crippen LogP) is 4.18. The Morgan fingerprint density at radius 2 is 1.84 bits per heavy atom. The molecule has 1 amide bonds. The Labute approximate surface area is 149 Å². The summed E-state index contributed by atoms with van der Waals surface area (Å²) in [5.41, 5.74) is 0.622. The van der Waals surface area contributed by atoms with E-state index in [4.69, 9.17) is 21.1 Å². The number of halogens is 1. The van der Waals surface area contributed by atoms with E-state index in [1.54, 1.807) is 49.6 Å². The first-order valence-electron chi connectivity index (χ1n) is 7.34. The van der Waals surface area contributed by atoms with Crippen molar-refractivity contribution in [3.8, 4) is 17.2 Å². The van der Waals surface area contributed by atoms with E-state index in [0.29, 0.717) is 22.2 Å². The van der Waals surface area contributed by atoms with Gasteiger partial charge in [-0.05, 0) is 42.5 Å². The molecule has 2 aromatic carbocycles. The zero-order chi connectivity index (χ0) is 17.6. The van der Waals surface area contributed by atoms with Crippen LogP contribution in [0, 0.1) is 0 Å². The molecule has 25 heavy (non-hydrogen) atoms. The summed E-state index contributed by atoms with van der Waals surface area (Å²) in [5, 5.41) is 3.20. The first-order valence-corrected chi connectivity index (χ1v) is 7.72. The number of rotatable bonds is 5. The van der Waals surface area contributed by atoms with E-state index in [0.717, 1.165) is 5.75 Å². The number of aromatic nitrogens is 2. The van der Waals surface area contributed by atoms with Crippen LogP contribution in [0.5, 0.6) is 17.2 Å². The van der Waals surface area contributed by atoms with Crippen LogP contribution in [0.3, 0.4) is 0 Å². The van der Waals surface area contributed by atoms with Gasteiger partial charge >= 0.3 is 0 Å². The Hall–Kier alpha value is -3.12. The molecule has 3 aromatic rings. The molecule has 0 aliphatic rings. The molecule has 0 fully saturated rings. The number of ether oxygens (including phenoxy) is 2. The fourth-order valence-corrected chi connectivity index (χ4v) is 2.23. The molecule has 0 spiro atoms. The monoisotopic (exact) mass is 355 g/mol. The average Bonchev–Trinajstić information content (AvgIpc) is 2.65. The van der Waals surface area contributed by atoms with Gasteiger partial charge in [-0.25, -0.2) is 4.98 Å². The van der Waals surface area contributed by atoms with Crippen LogP contribution in [0.25, 0.3) is 0 Å². The molecule has 0 aliphatic carbocycles. The first-order chi connectivity index (χ1) is 12.2. The van der Waals surface area contributed by atoms with Gasteiger partial charge in [-0.15, -0.1) is 0 Å². The lowest BCUT2D eigenvalue weighted by Crippen LogP contribution is -2.14. The van der Waals surface area contributed by atoms with Crippen LogP contribution < -0.4 is 14.8 Å². The summed E-state index contributed by atoms with van der Waals surface area (Å²) in [6.45, 7) is 0. The number of anilines is 1. The van der Waals surface area contributed by atoms with Gasteiger partial charge in [0.15, 0.2) is 5.75 Å². The SMILES string of the molecule is COc1ccc(Oc2ccc(Cl)cc2NC(=O)c2cnccn2)cc1. The Morgan fingerprint density at radius 1 is 1.08 bits per heavy atom. The minimum Gasteiger partial charge on any atom is -0.497 e. The highest BCUT2D eigenvalue weighted by molar-refractivity contribution is 6.31. The van der Waals surface area contributed by atoms with Gasteiger partial charge in [-0.2, -0.15) is 0 Å². The van der Waals surface area contributed by atoms with Crippen molar-refractivity contribution in [2.45, 2.75) is 0 Å². The van der Waals surface area contributed by atoms with Crippen molar-refractivity contribution in [3.05, 3.63) is 71.8 Å². The number of hydrogen-bond donors (Lipinski definition) is 1. The van der Waals surface area contributed by atoms with Gasteiger partial charge in [0.2, 0.25) is 0 Å². The number of nitrogens with zero attached hydrogens (tertiary/aromatic N) is 2. The molecule has 6 nitrogen and oxygen atoms in total. The van der Waals surface area contributed by atoms with Crippen LogP contribution in [-0.2, 0) is 0 Å². The lowest BCUT2D eigenvalue weighted by Gasteiger charge is -2.13. The van der Waals surface area contributed by atoms with Crippen molar-refractivity contribution >= 4 is 23.2 Å². The molecule has 0 unspecified atom stereocenters. The smallest absolute Gasteiger partial charge is 0.275 e. The molecule has 126 valence electrons. The molecule has 0 bridgehead atoms. The minimum atomic E-state index is -0.407. The summed E-state index contributed by atoms with van der Waals surface area (Å²) < 4.78 is 11.0. The number of benzene rings is 2. The standard InChI is InChI=1S/C18H14ClN3O3/c1-24-13-3-5-14(6-4-13)25-17-7-2-12(19)10-15(17)22-18(23)16-11-20-8-9-21-16/h2-11H,1H3,(H,22,23). The molecule has 0 atom stereocenters. The van der Waals surface area contributed by atoms with E-state index < -0.39 is 5.91 Å². The van der Waals surface area contributed by atoms with Crippen LogP contribution in [0.15, 0.2) is 61.1 Å². The molecule has 0 radical (unpaired) electrons. The second-order valence-electron chi connectivity index (χ2n) is 4.96. The molecule has 0 saturated carbocycles. The summed E-state index contributed by atoms with van der Waals surface area (Å²) in [4.78, 5) is 20.1. The van der Waals surface area contributed by atoms with Crippen LogP contribution in [0.2, 0.25) is 5.02 Å². The fourth-order valence-electron chi connectivity index (χ4n) is 2.06. The van der Waals surface area contributed by atoms with Crippen LogP contribution >= 0.6 is 11.6 Å². The maximum atomic E-state index is 12.3. The largest absolute Gasteiger partial charge is 0.497 e. The fraction of sp³-hybridized carbons (Fsp3) is 0.0556. The number of carbonyl (C=O) groups is 1. The third kappa shape index (κ3) is 4.24. The number of hydrogen-bond acceptors (Lipinski definition) is 5. The second-order valence-corrected chi connectivity index (χ2v) is 5.40. The van der Waals surface area contributed by atoms with Gasteiger partial charge in [0.25, 0.3) is 5.91 Å². The Balaban J connectivity index is 1.83. The molecular formula is C18H14ClN3O3. The number of carbonyl (C=O) groups excluding carboxylic acids is 1. The van der Waals surface area contributed by atoms with E-state index in [-0.39, 0.29) is 5.69 Å². The van der Waals surface area contributed by atoms with Crippen molar-refractivity contribution in [2.75, 3.05) is 12.4 Å². The van der Waals surface area contributed by atoms with Crippen molar-refractivity contribution in [1.29, 1.82) is 0 Å². The van der Waals surface area contributed by atoms with Gasteiger partial charge in [-0.1, -0.05) is 11.6 Å².